The zero-order valence-corrected chi connectivity index (χ0v) is 70.5. The van der Waals surface area contributed by atoms with Gasteiger partial charge in [0.15, 0.2) is 12.2 Å². The number of phosphoric acid groups is 2. The Kier molecular flexibility index (Phi) is 72.5. The molecule has 5 unspecified atom stereocenters. The molecule has 0 rings (SSSR count). The molecule has 0 heterocycles. The Morgan fingerprint density at radius 1 is 0.269 bits per heavy atom. The summed E-state index contributed by atoms with van der Waals surface area (Å²) in [6, 6.07) is 0. The van der Waals surface area contributed by atoms with Gasteiger partial charge >= 0.3 is 39.5 Å². The van der Waals surface area contributed by atoms with Gasteiger partial charge in [0.05, 0.1) is 26.4 Å². The van der Waals surface area contributed by atoms with Crippen molar-refractivity contribution in [3.05, 3.63) is 0 Å². The summed E-state index contributed by atoms with van der Waals surface area (Å²) in [5.41, 5.74) is 0. The summed E-state index contributed by atoms with van der Waals surface area (Å²) in [7, 11) is -9.93. The Hall–Kier alpha value is -1.94. The third-order valence-corrected chi connectivity index (χ3v) is 22.8. The van der Waals surface area contributed by atoms with Crippen LogP contribution >= 0.6 is 15.6 Å². The van der Waals surface area contributed by atoms with Gasteiger partial charge in [0.1, 0.15) is 19.3 Å². The van der Waals surface area contributed by atoms with Crippen molar-refractivity contribution in [3.63, 3.8) is 0 Å². The zero-order valence-electron chi connectivity index (χ0n) is 68.7. The van der Waals surface area contributed by atoms with Crippen molar-refractivity contribution < 1.29 is 80.2 Å². The second kappa shape index (κ2) is 73.8. The summed E-state index contributed by atoms with van der Waals surface area (Å²) in [6.45, 7) is 14.4. The van der Waals surface area contributed by atoms with Crippen LogP contribution in [0.1, 0.15) is 441 Å². The van der Waals surface area contributed by atoms with E-state index in [1.54, 1.807) is 0 Å². The molecule has 0 aromatic rings. The molecule has 0 aliphatic carbocycles. The molecule has 0 aromatic carbocycles. The van der Waals surface area contributed by atoms with Gasteiger partial charge in [0, 0.05) is 25.7 Å². The maximum absolute atomic E-state index is 13.1. The molecule has 17 nitrogen and oxygen atoms in total. The molecule has 104 heavy (non-hydrogen) atoms. The highest BCUT2D eigenvalue weighted by molar-refractivity contribution is 7.47. The van der Waals surface area contributed by atoms with E-state index in [-0.39, 0.29) is 25.7 Å². The average Bonchev–Trinajstić information content (AvgIpc) is 0.912. The molecular formula is C85H166O17P2. The molecule has 8 atom stereocenters. The largest absolute Gasteiger partial charge is 0.472 e. The monoisotopic (exact) mass is 1520 g/mol. The molecular weight excluding hydrogens is 1350 g/mol. The summed E-state index contributed by atoms with van der Waals surface area (Å²) in [5, 5.41) is 10.7. The fourth-order valence-electron chi connectivity index (χ4n) is 13.0. The Morgan fingerprint density at radius 2 is 0.462 bits per heavy atom. The van der Waals surface area contributed by atoms with Crippen molar-refractivity contribution in [1.82, 2.24) is 0 Å². The van der Waals surface area contributed by atoms with Crippen LogP contribution in [0.2, 0.25) is 0 Å². The van der Waals surface area contributed by atoms with Crippen molar-refractivity contribution in [3.8, 4) is 0 Å². The quantitative estimate of drug-likeness (QED) is 0.0222. The number of unbranched alkanes of at least 4 members (excludes halogenated alkanes) is 45. The maximum Gasteiger partial charge on any atom is 0.472 e. The highest BCUT2D eigenvalue weighted by Crippen LogP contribution is 2.45. The summed E-state index contributed by atoms with van der Waals surface area (Å²) in [5.74, 6) is 1.10. The first-order valence-corrected chi connectivity index (χ1v) is 46.8. The number of hydrogen-bond donors (Lipinski definition) is 3. The van der Waals surface area contributed by atoms with Crippen LogP contribution in [0.15, 0.2) is 0 Å². The molecule has 0 saturated carbocycles. The Balaban J connectivity index is 5.22. The maximum atomic E-state index is 13.1. The van der Waals surface area contributed by atoms with Gasteiger partial charge in [-0.25, -0.2) is 9.13 Å². The van der Waals surface area contributed by atoms with E-state index in [0.29, 0.717) is 25.7 Å². The van der Waals surface area contributed by atoms with Crippen molar-refractivity contribution in [2.75, 3.05) is 39.6 Å². The molecule has 0 amide bonds. The van der Waals surface area contributed by atoms with Gasteiger partial charge in [0.25, 0.3) is 0 Å². The van der Waals surface area contributed by atoms with Crippen LogP contribution in [0, 0.1) is 23.7 Å². The SMILES string of the molecule is CCC(C)CCCCCCCCCCCCCCCCCCCCC(=O)O[C@H](COC(=O)CCCCCCCCCCCCC(C)CC)COP(=O)(O)OC[C@@H](O)COP(=O)(O)OC[C@@H](COC(=O)CCCCCCCCC(C)CC)OC(=O)CCCCCCCCCCCCCCCCCC(C)C. The van der Waals surface area contributed by atoms with Gasteiger partial charge in [-0.2, -0.15) is 0 Å². The topological polar surface area (TPSA) is 237 Å². The highest BCUT2D eigenvalue weighted by atomic mass is 31.2. The Labute approximate surface area is 638 Å². The van der Waals surface area contributed by atoms with E-state index in [4.69, 9.17) is 37.0 Å². The molecule has 0 saturated heterocycles. The molecule has 0 aromatic heterocycles. The summed E-state index contributed by atoms with van der Waals surface area (Å²) in [6.07, 6.45) is 62.4. The predicted octanol–water partition coefficient (Wildman–Crippen LogP) is 25.6. The first-order valence-electron chi connectivity index (χ1n) is 43.8. The van der Waals surface area contributed by atoms with E-state index in [2.05, 4.69) is 55.4 Å². The smallest absolute Gasteiger partial charge is 0.462 e. The first-order chi connectivity index (χ1) is 50.2. The minimum absolute atomic E-state index is 0.107. The molecule has 618 valence electrons. The highest BCUT2D eigenvalue weighted by Gasteiger charge is 2.31. The van der Waals surface area contributed by atoms with Crippen molar-refractivity contribution in [2.45, 2.75) is 459 Å². The standard InChI is InChI=1S/C85H166O17P2/c1-9-76(6)62-54-46-38-32-26-22-18-14-12-13-15-19-23-27-35-41-51-59-67-84(89)101-80(71-95-82(87)65-57-49-40-34-30-29-33-39-47-55-63-77(7)10-2)73-99-103(91,92)97-69-79(86)70-98-104(93,94)100-74-81(72-96-83(88)66-58-50-44-43-48-56-64-78(8)11-3)102-85(90)68-60-52-42-36-28-24-20-16-17-21-25-31-37-45-53-61-75(4)5/h75-81,86H,9-74H2,1-8H3,(H,91,92)(H,93,94)/t76?,77?,78?,79-,80-,81-/m1/s1. The minimum Gasteiger partial charge on any atom is -0.462 e. The van der Waals surface area contributed by atoms with Crippen LogP contribution in [0.4, 0.5) is 0 Å². The molecule has 0 bridgehead atoms. The number of aliphatic hydroxyl groups is 1. The molecule has 0 radical (unpaired) electrons. The van der Waals surface area contributed by atoms with Crippen LogP contribution in [0.25, 0.3) is 0 Å². The number of ether oxygens (including phenoxy) is 4. The number of aliphatic hydroxyl groups excluding tert-OH is 1. The molecule has 0 spiro atoms. The van der Waals surface area contributed by atoms with Crippen LogP contribution in [-0.2, 0) is 65.4 Å². The third kappa shape index (κ3) is 74.2. The number of rotatable bonds is 82. The lowest BCUT2D eigenvalue weighted by Gasteiger charge is -2.21. The van der Waals surface area contributed by atoms with E-state index >= 15 is 0 Å². The first kappa shape index (κ1) is 102. The van der Waals surface area contributed by atoms with Gasteiger partial charge in [-0.15, -0.1) is 0 Å². The lowest BCUT2D eigenvalue weighted by Crippen LogP contribution is -2.30. The van der Waals surface area contributed by atoms with Crippen LogP contribution in [0.5, 0.6) is 0 Å². The van der Waals surface area contributed by atoms with Gasteiger partial charge in [0.2, 0.25) is 0 Å². The third-order valence-electron chi connectivity index (χ3n) is 20.9. The Bertz CT molecular complexity index is 2030. The number of carbonyl (C=O) groups is 4. The zero-order chi connectivity index (χ0) is 76.7. The van der Waals surface area contributed by atoms with Crippen LogP contribution in [-0.4, -0.2) is 96.7 Å². The van der Waals surface area contributed by atoms with Crippen molar-refractivity contribution in [2.24, 2.45) is 23.7 Å². The number of phosphoric ester groups is 2. The molecule has 0 aliphatic rings. The lowest BCUT2D eigenvalue weighted by atomic mass is 9.99. The number of esters is 4. The molecule has 19 heteroatoms. The van der Waals surface area contributed by atoms with E-state index in [1.807, 2.05) is 0 Å². The van der Waals surface area contributed by atoms with Gasteiger partial charge in [-0.1, -0.05) is 389 Å². The van der Waals surface area contributed by atoms with E-state index in [9.17, 15) is 43.2 Å². The van der Waals surface area contributed by atoms with E-state index in [0.717, 1.165) is 120 Å². The van der Waals surface area contributed by atoms with Crippen molar-refractivity contribution in [1.29, 1.82) is 0 Å². The number of hydrogen-bond acceptors (Lipinski definition) is 15. The van der Waals surface area contributed by atoms with Gasteiger partial charge in [-0.05, 0) is 49.4 Å². The van der Waals surface area contributed by atoms with Gasteiger partial charge in [-0.3, -0.25) is 37.3 Å². The second-order valence-corrected chi connectivity index (χ2v) is 34.7. The summed E-state index contributed by atoms with van der Waals surface area (Å²) < 4.78 is 68.8. The van der Waals surface area contributed by atoms with Crippen LogP contribution in [0.3, 0.4) is 0 Å². The van der Waals surface area contributed by atoms with E-state index in [1.165, 1.54) is 238 Å². The fraction of sp³-hybridized carbons (Fsp3) is 0.953. The second-order valence-electron chi connectivity index (χ2n) is 31.8. The van der Waals surface area contributed by atoms with Gasteiger partial charge < -0.3 is 33.8 Å². The molecule has 0 aliphatic heterocycles. The van der Waals surface area contributed by atoms with E-state index < -0.39 is 97.5 Å². The Morgan fingerprint density at radius 3 is 0.683 bits per heavy atom. The molecule has 3 N–H and O–H groups in total. The van der Waals surface area contributed by atoms with Crippen molar-refractivity contribution >= 4 is 39.5 Å². The predicted molar refractivity (Wildman–Crippen MR) is 428 cm³/mol. The minimum atomic E-state index is -4.97. The summed E-state index contributed by atoms with van der Waals surface area (Å²) in [4.78, 5) is 73.2. The summed E-state index contributed by atoms with van der Waals surface area (Å²) >= 11 is 0. The lowest BCUT2D eigenvalue weighted by molar-refractivity contribution is -0.161. The average molecular weight is 1520 g/mol. The number of carbonyl (C=O) groups excluding carboxylic acids is 4. The molecule has 0 fully saturated rings. The normalized spacial score (nSPS) is 14.7. The fourth-order valence-corrected chi connectivity index (χ4v) is 14.6. The van der Waals surface area contributed by atoms with Crippen LogP contribution < -0.4 is 0 Å².